The number of nitrogens with one attached hydrogen (secondary N) is 1. The molecule has 2 atom stereocenters. The van der Waals surface area contributed by atoms with E-state index >= 15 is 0 Å². The van der Waals surface area contributed by atoms with Gasteiger partial charge in [-0.15, -0.1) is 0 Å². The molecule has 250 valence electrons. The van der Waals surface area contributed by atoms with Gasteiger partial charge < -0.3 is 14.8 Å². The zero-order valence-corrected chi connectivity index (χ0v) is 28.8. The van der Waals surface area contributed by atoms with Crippen molar-refractivity contribution in [3.05, 3.63) is 84.5 Å². The molecule has 0 saturated heterocycles. The summed E-state index contributed by atoms with van der Waals surface area (Å²) >= 11 is 0. The molecular weight excluding hydrogens is 591 g/mol. The number of aliphatic hydroxyl groups excluding tert-OH is 1. The van der Waals surface area contributed by atoms with E-state index < -0.39 is 44.2 Å². The first-order chi connectivity index (χ1) is 21.4. The quantitative estimate of drug-likeness (QED) is 0.0917. The first kappa shape index (κ1) is 38.5. The monoisotopic (exact) mass is 645 g/mol. The molecule has 0 fully saturated rings. The summed E-state index contributed by atoms with van der Waals surface area (Å²) in [7, 11) is -3.21. The van der Waals surface area contributed by atoms with Crippen LogP contribution in [0.15, 0.2) is 84.5 Å². The molecule has 2 aromatic rings. The predicted octanol–water partition coefficient (Wildman–Crippen LogP) is 8.39. The molecule has 0 aliphatic heterocycles. The Morgan fingerprint density at radius 3 is 1.91 bits per heavy atom. The molecule has 0 radical (unpaired) electrons. The van der Waals surface area contributed by atoms with E-state index in [1.54, 1.807) is 6.08 Å². The highest BCUT2D eigenvalue weighted by Gasteiger charge is 2.52. The zero-order valence-electron chi connectivity index (χ0n) is 27.8. The van der Waals surface area contributed by atoms with Gasteiger partial charge in [0.05, 0.1) is 18.8 Å². The van der Waals surface area contributed by atoms with Crippen LogP contribution in [0.3, 0.4) is 0 Å². The van der Waals surface area contributed by atoms with E-state index in [0.29, 0.717) is 6.42 Å². The van der Waals surface area contributed by atoms with Gasteiger partial charge in [0, 0.05) is 0 Å². The summed E-state index contributed by atoms with van der Waals surface area (Å²) in [6.45, 7) is 9.86. The molecule has 4 nitrogen and oxygen atoms in total. The number of allylic oxidation sites excluding steroid dienone is 3. The number of benzene rings is 2. The van der Waals surface area contributed by atoms with E-state index in [1.807, 2.05) is 72.1 Å². The SMILES string of the molecule is CCCCCCCCC/C(C)=C/CC/C=C/[C@@H](O[Si](c1ccccc1)(c1ccccc1)C(C)(C)C)[C@H](CO)NC(=O)C(F)(F)F. The van der Waals surface area contributed by atoms with Crippen LogP contribution in [-0.4, -0.2) is 44.3 Å². The van der Waals surface area contributed by atoms with E-state index in [4.69, 9.17) is 4.43 Å². The molecule has 0 saturated carbocycles. The van der Waals surface area contributed by atoms with Crippen LogP contribution in [0.25, 0.3) is 0 Å². The lowest BCUT2D eigenvalue weighted by Gasteiger charge is -2.46. The summed E-state index contributed by atoms with van der Waals surface area (Å²) in [4.78, 5) is 12.0. The highest BCUT2D eigenvalue weighted by atomic mass is 28.4. The second-order valence-corrected chi connectivity index (χ2v) is 17.2. The summed E-state index contributed by atoms with van der Waals surface area (Å²) in [5.41, 5.74) is 1.34. The fourth-order valence-electron chi connectivity index (χ4n) is 5.75. The van der Waals surface area contributed by atoms with Crippen molar-refractivity contribution in [3.63, 3.8) is 0 Å². The summed E-state index contributed by atoms with van der Waals surface area (Å²) in [6, 6.07) is 18.2. The number of halogens is 3. The van der Waals surface area contributed by atoms with E-state index in [2.05, 4.69) is 40.7 Å². The Hall–Kier alpha value is -2.68. The highest BCUT2D eigenvalue weighted by Crippen LogP contribution is 2.38. The van der Waals surface area contributed by atoms with Crippen LogP contribution in [0.2, 0.25) is 5.04 Å². The van der Waals surface area contributed by atoms with E-state index in [-0.39, 0.29) is 0 Å². The van der Waals surface area contributed by atoms with E-state index in [0.717, 1.165) is 23.2 Å². The number of hydrogen-bond acceptors (Lipinski definition) is 3. The largest absolute Gasteiger partial charge is 0.471 e. The van der Waals surface area contributed by atoms with Gasteiger partial charge in [0.15, 0.2) is 0 Å². The number of alkyl halides is 3. The van der Waals surface area contributed by atoms with Crippen molar-refractivity contribution in [2.45, 2.75) is 122 Å². The molecule has 0 bridgehead atoms. The number of rotatable bonds is 19. The Labute approximate surface area is 270 Å². The maximum atomic E-state index is 13.3. The van der Waals surface area contributed by atoms with Crippen LogP contribution in [0.5, 0.6) is 0 Å². The summed E-state index contributed by atoms with van der Waals surface area (Å²) in [6.07, 6.45) is 11.1. The van der Waals surface area contributed by atoms with Crippen LogP contribution < -0.4 is 15.7 Å². The minimum Gasteiger partial charge on any atom is -0.399 e. The second-order valence-electron chi connectivity index (χ2n) is 12.9. The molecule has 0 spiro atoms. The Kier molecular flexibility index (Phi) is 16.3. The normalized spacial score (nSPS) is 14.5. The lowest BCUT2D eigenvalue weighted by Crippen LogP contribution is -2.69. The third kappa shape index (κ3) is 12.2. The van der Waals surface area contributed by atoms with Crippen LogP contribution in [0, 0.1) is 0 Å². The fraction of sp³-hybridized carbons (Fsp3) is 0.541. The third-order valence-corrected chi connectivity index (χ3v) is 13.3. The molecule has 0 aliphatic rings. The lowest BCUT2D eigenvalue weighted by atomic mass is 10.0. The van der Waals surface area contributed by atoms with Crippen molar-refractivity contribution in [1.29, 1.82) is 0 Å². The average molecular weight is 646 g/mol. The van der Waals surface area contributed by atoms with Crippen LogP contribution >= 0.6 is 0 Å². The topological polar surface area (TPSA) is 58.6 Å². The second kappa shape index (κ2) is 19.1. The maximum Gasteiger partial charge on any atom is 0.471 e. The zero-order chi connectivity index (χ0) is 33.3. The van der Waals surface area contributed by atoms with E-state index in [1.165, 1.54) is 50.5 Å². The number of amides is 1. The average Bonchev–Trinajstić information content (AvgIpc) is 3.00. The van der Waals surface area contributed by atoms with Gasteiger partial charge in [0.25, 0.3) is 8.32 Å². The van der Waals surface area contributed by atoms with Gasteiger partial charge >= 0.3 is 12.1 Å². The fourth-order valence-corrected chi connectivity index (χ4v) is 10.4. The third-order valence-electron chi connectivity index (χ3n) is 8.22. The standard InChI is InChI=1S/C37H54F3NO3Si/c1-6-7-8-9-10-11-15-22-30(2)23-16-12-21-28-34(33(29-42)41-35(43)37(38,39)40)44-45(36(3,4)5,31-24-17-13-18-25-31)32-26-19-14-20-27-32/h13-14,17-21,23-28,33-34,42H,6-12,15-16,22,29H2,1-5H3,(H,41,43)/b28-21+,30-23+/t33-,34+/m0/s1. The first-order valence-electron chi connectivity index (χ1n) is 16.5. The number of unbranched alkanes of at least 4 members (excludes halogenated alkanes) is 7. The van der Waals surface area contributed by atoms with Crippen molar-refractivity contribution in [2.75, 3.05) is 6.61 Å². The van der Waals surface area contributed by atoms with Gasteiger partial charge in [-0.2, -0.15) is 13.2 Å². The van der Waals surface area contributed by atoms with Crippen molar-refractivity contribution >= 4 is 24.6 Å². The van der Waals surface area contributed by atoms with Gasteiger partial charge in [-0.05, 0) is 48.0 Å². The Balaban J connectivity index is 2.34. The number of aliphatic hydroxyl groups is 1. The van der Waals surface area contributed by atoms with Gasteiger partial charge in [-0.1, -0.05) is 151 Å². The first-order valence-corrected chi connectivity index (χ1v) is 18.4. The number of carbonyl (C=O) groups excluding carboxylic acids is 1. The van der Waals surface area contributed by atoms with Crippen LogP contribution in [0.4, 0.5) is 13.2 Å². The molecule has 8 heteroatoms. The smallest absolute Gasteiger partial charge is 0.399 e. The van der Waals surface area contributed by atoms with Crippen molar-refractivity contribution < 1.29 is 27.5 Å². The molecule has 0 unspecified atom stereocenters. The molecule has 0 aliphatic carbocycles. The Morgan fingerprint density at radius 2 is 1.42 bits per heavy atom. The summed E-state index contributed by atoms with van der Waals surface area (Å²) in [5.74, 6) is -2.10. The molecule has 0 heterocycles. The van der Waals surface area contributed by atoms with Crippen LogP contribution in [-0.2, 0) is 9.22 Å². The van der Waals surface area contributed by atoms with Crippen molar-refractivity contribution in [1.82, 2.24) is 5.32 Å². The summed E-state index contributed by atoms with van der Waals surface area (Å²) < 4.78 is 47.0. The maximum absolute atomic E-state index is 13.3. The minimum atomic E-state index is -5.09. The Bertz CT molecular complexity index is 1140. The minimum absolute atomic E-state index is 0.453. The molecule has 2 rings (SSSR count). The molecule has 1 amide bonds. The Morgan fingerprint density at radius 1 is 0.889 bits per heavy atom. The molecule has 0 aromatic heterocycles. The molecule has 2 aromatic carbocycles. The number of hydrogen-bond donors (Lipinski definition) is 2. The summed E-state index contributed by atoms with van der Waals surface area (Å²) in [5, 5.41) is 13.8. The van der Waals surface area contributed by atoms with Gasteiger partial charge in [0.2, 0.25) is 0 Å². The van der Waals surface area contributed by atoms with Gasteiger partial charge in [-0.3, -0.25) is 4.79 Å². The van der Waals surface area contributed by atoms with Crippen LogP contribution in [0.1, 0.15) is 98.8 Å². The van der Waals surface area contributed by atoms with Gasteiger partial charge in [-0.25, -0.2) is 0 Å². The van der Waals surface area contributed by atoms with Crippen molar-refractivity contribution in [3.8, 4) is 0 Å². The van der Waals surface area contributed by atoms with E-state index in [9.17, 15) is 23.1 Å². The highest BCUT2D eigenvalue weighted by molar-refractivity contribution is 6.99. The molecular formula is C37H54F3NO3Si. The van der Waals surface area contributed by atoms with Gasteiger partial charge in [0.1, 0.15) is 0 Å². The number of carbonyl (C=O) groups is 1. The molecule has 2 N–H and O–H groups in total. The molecule has 45 heavy (non-hydrogen) atoms. The predicted molar refractivity (Wildman–Crippen MR) is 182 cm³/mol. The lowest BCUT2D eigenvalue weighted by molar-refractivity contribution is -0.175. The van der Waals surface area contributed by atoms with Crippen molar-refractivity contribution in [2.24, 2.45) is 0 Å².